The highest BCUT2D eigenvalue weighted by molar-refractivity contribution is 7.80. The van der Waals surface area contributed by atoms with Gasteiger partial charge >= 0.3 is 5.97 Å². The molecule has 2 aromatic carbocycles. The summed E-state index contributed by atoms with van der Waals surface area (Å²) in [5, 5.41) is 11.9. The summed E-state index contributed by atoms with van der Waals surface area (Å²) in [6, 6.07) is 13.8. The van der Waals surface area contributed by atoms with Crippen molar-refractivity contribution in [1.82, 2.24) is 9.78 Å². The standard InChI is InChI=1S/C21H16ClFN4O2S2/c1-29-20(28)19-18(22)14-7-6-13(10-16(14)31-19)24-21(30)25-17-8-9-27(26-17)11-12-4-2-3-5-15(12)23/h2-10H,11H2,1H3,(H2,24,25,26,30). The molecule has 4 aromatic rings. The van der Waals surface area contributed by atoms with Gasteiger partial charge in [-0.15, -0.1) is 11.3 Å². The van der Waals surface area contributed by atoms with Gasteiger partial charge in [-0.25, -0.2) is 9.18 Å². The Bertz CT molecular complexity index is 1290. The summed E-state index contributed by atoms with van der Waals surface area (Å²) < 4.78 is 21.0. The number of nitrogens with one attached hydrogen (secondary N) is 2. The average molecular weight is 475 g/mol. The summed E-state index contributed by atoms with van der Waals surface area (Å²) in [5.74, 6) is -0.213. The van der Waals surface area contributed by atoms with Gasteiger partial charge in [-0.3, -0.25) is 4.68 Å². The Morgan fingerprint density at radius 3 is 2.84 bits per heavy atom. The van der Waals surface area contributed by atoms with Crippen molar-refractivity contribution in [3.63, 3.8) is 0 Å². The summed E-state index contributed by atoms with van der Waals surface area (Å²) in [6.07, 6.45) is 1.74. The molecule has 0 radical (unpaired) electrons. The number of carbonyl (C=O) groups is 1. The van der Waals surface area contributed by atoms with Crippen LogP contribution in [0.3, 0.4) is 0 Å². The predicted octanol–water partition coefficient (Wildman–Crippen LogP) is 5.53. The van der Waals surface area contributed by atoms with Crippen LogP contribution in [0.5, 0.6) is 0 Å². The van der Waals surface area contributed by atoms with Gasteiger partial charge in [-0.05, 0) is 36.5 Å². The monoisotopic (exact) mass is 474 g/mol. The highest BCUT2D eigenvalue weighted by Gasteiger charge is 2.18. The second kappa shape index (κ2) is 9.01. The van der Waals surface area contributed by atoms with E-state index in [2.05, 4.69) is 15.7 Å². The van der Waals surface area contributed by atoms with Gasteiger partial charge in [-0.1, -0.05) is 29.8 Å². The highest BCUT2D eigenvalue weighted by Crippen LogP contribution is 2.37. The van der Waals surface area contributed by atoms with Crippen molar-refractivity contribution >= 4 is 67.8 Å². The number of anilines is 2. The Hall–Kier alpha value is -3.01. The Kier molecular flexibility index (Phi) is 6.17. The molecule has 0 saturated heterocycles. The molecule has 0 aliphatic carbocycles. The zero-order valence-corrected chi connectivity index (χ0v) is 18.6. The molecule has 0 saturated carbocycles. The lowest BCUT2D eigenvalue weighted by Crippen LogP contribution is -2.19. The Balaban J connectivity index is 1.43. The number of rotatable bonds is 5. The fraction of sp³-hybridized carbons (Fsp3) is 0.0952. The molecule has 0 atom stereocenters. The van der Waals surface area contributed by atoms with Crippen molar-refractivity contribution < 1.29 is 13.9 Å². The van der Waals surface area contributed by atoms with Crippen molar-refractivity contribution in [2.45, 2.75) is 6.54 Å². The number of halogens is 2. The summed E-state index contributed by atoms with van der Waals surface area (Å²) in [7, 11) is 1.32. The molecule has 2 N–H and O–H groups in total. The van der Waals surface area contributed by atoms with Crippen molar-refractivity contribution in [2.75, 3.05) is 17.7 Å². The Labute approximate surface area is 191 Å². The van der Waals surface area contributed by atoms with Crippen molar-refractivity contribution in [2.24, 2.45) is 0 Å². The maximum atomic E-state index is 13.8. The van der Waals surface area contributed by atoms with Crippen molar-refractivity contribution in [1.29, 1.82) is 0 Å². The number of hydrogen-bond donors (Lipinski definition) is 2. The van der Waals surface area contributed by atoms with E-state index in [0.717, 1.165) is 15.8 Å². The van der Waals surface area contributed by atoms with Crippen LogP contribution < -0.4 is 10.6 Å². The van der Waals surface area contributed by atoms with Crippen LogP contribution in [0.1, 0.15) is 15.2 Å². The molecule has 4 rings (SSSR count). The van der Waals surface area contributed by atoms with Gasteiger partial charge in [0.15, 0.2) is 10.9 Å². The van der Waals surface area contributed by atoms with E-state index in [-0.39, 0.29) is 5.82 Å². The van der Waals surface area contributed by atoms with E-state index >= 15 is 0 Å². The first-order valence-corrected chi connectivity index (χ1v) is 10.7. The van der Waals surface area contributed by atoms with Crippen LogP contribution in [0.25, 0.3) is 10.1 Å². The Morgan fingerprint density at radius 2 is 2.06 bits per heavy atom. The van der Waals surface area contributed by atoms with E-state index in [1.54, 1.807) is 35.1 Å². The maximum absolute atomic E-state index is 13.8. The lowest BCUT2D eigenvalue weighted by Gasteiger charge is -2.09. The van der Waals surface area contributed by atoms with Crippen LogP contribution in [0.15, 0.2) is 54.7 Å². The first kappa shape index (κ1) is 21.2. The molecule has 0 unspecified atom stereocenters. The lowest BCUT2D eigenvalue weighted by molar-refractivity contribution is 0.0606. The van der Waals surface area contributed by atoms with Gasteiger partial charge in [0.1, 0.15) is 10.7 Å². The molecule has 158 valence electrons. The van der Waals surface area contributed by atoms with Crippen LogP contribution >= 0.6 is 35.2 Å². The smallest absolute Gasteiger partial charge is 0.349 e. The number of benzene rings is 2. The van der Waals surface area contributed by atoms with Gasteiger partial charge in [0.2, 0.25) is 0 Å². The number of nitrogens with zero attached hydrogens (tertiary/aromatic N) is 2. The summed E-state index contributed by atoms with van der Waals surface area (Å²) in [6.45, 7) is 0.312. The van der Waals surface area contributed by atoms with Gasteiger partial charge in [-0.2, -0.15) is 5.10 Å². The molecule has 0 bridgehead atoms. The number of aromatic nitrogens is 2. The number of ether oxygens (including phenoxy) is 1. The van der Waals surface area contributed by atoms with Gasteiger partial charge < -0.3 is 15.4 Å². The van der Waals surface area contributed by atoms with Crippen LogP contribution in [0.4, 0.5) is 15.9 Å². The van der Waals surface area contributed by atoms with Crippen LogP contribution in [-0.2, 0) is 11.3 Å². The number of carbonyl (C=O) groups excluding carboxylic acids is 1. The van der Waals surface area contributed by atoms with Crippen molar-refractivity contribution in [3.05, 3.63) is 76.0 Å². The zero-order valence-electron chi connectivity index (χ0n) is 16.2. The SMILES string of the molecule is COC(=O)c1sc2cc(NC(=S)Nc3ccn(Cc4ccccc4F)n3)ccc2c1Cl. The van der Waals surface area contributed by atoms with E-state index in [4.69, 9.17) is 28.6 Å². The number of methoxy groups -OCH3 is 1. The molecule has 10 heteroatoms. The molecule has 0 amide bonds. The molecule has 2 aromatic heterocycles. The third-order valence-corrected chi connectivity index (χ3v) is 6.27. The Morgan fingerprint density at radius 1 is 1.26 bits per heavy atom. The van der Waals surface area contributed by atoms with Gasteiger partial charge in [0, 0.05) is 33.6 Å². The summed E-state index contributed by atoms with van der Waals surface area (Å²) in [5.41, 5.74) is 1.28. The minimum atomic E-state index is -0.469. The number of esters is 1. The third kappa shape index (κ3) is 4.68. The predicted molar refractivity (Wildman–Crippen MR) is 126 cm³/mol. The molecule has 2 heterocycles. The van der Waals surface area contributed by atoms with E-state index in [9.17, 15) is 9.18 Å². The third-order valence-electron chi connectivity index (χ3n) is 4.43. The second-order valence-electron chi connectivity index (χ2n) is 6.52. The number of hydrogen-bond acceptors (Lipinski definition) is 5. The fourth-order valence-electron chi connectivity index (χ4n) is 2.96. The maximum Gasteiger partial charge on any atom is 0.349 e. The topological polar surface area (TPSA) is 68.2 Å². The number of thiophene rings is 1. The molecule has 0 aliphatic heterocycles. The average Bonchev–Trinajstić information content (AvgIpc) is 3.32. The molecule has 6 nitrogen and oxygen atoms in total. The zero-order chi connectivity index (χ0) is 22.0. The van der Waals surface area contributed by atoms with Crippen molar-refractivity contribution in [3.8, 4) is 0 Å². The first-order valence-electron chi connectivity index (χ1n) is 9.10. The summed E-state index contributed by atoms with van der Waals surface area (Å²) >= 11 is 12.9. The van der Waals surface area contributed by atoms with E-state index in [1.165, 1.54) is 24.5 Å². The van der Waals surface area contributed by atoms with Crippen LogP contribution in [0.2, 0.25) is 5.02 Å². The second-order valence-corrected chi connectivity index (χ2v) is 8.36. The molecule has 0 spiro atoms. The van der Waals surface area contributed by atoms with E-state index < -0.39 is 5.97 Å². The minimum Gasteiger partial charge on any atom is -0.465 e. The molecule has 31 heavy (non-hydrogen) atoms. The summed E-state index contributed by atoms with van der Waals surface area (Å²) in [4.78, 5) is 12.2. The fourth-order valence-corrected chi connectivity index (χ4v) is 4.65. The highest BCUT2D eigenvalue weighted by atomic mass is 35.5. The molecule has 0 fully saturated rings. The van der Waals surface area contributed by atoms with Gasteiger partial charge in [0.05, 0.1) is 18.7 Å². The lowest BCUT2D eigenvalue weighted by atomic mass is 10.2. The van der Waals surface area contributed by atoms with E-state index in [0.29, 0.717) is 32.9 Å². The number of thiocarbonyl (C=S) groups is 1. The van der Waals surface area contributed by atoms with Crippen LogP contribution in [-0.4, -0.2) is 28.0 Å². The molecule has 0 aliphatic rings. The quantitative estimate of drug-likeness (QED) is 0.292. The molecular formula is C21H16ClFN4O2S2. The normalized spacial score (nSPS) is 10.8. The molecular weight excluding hydrogens is 459 g/mol. The first-order chi connectivity index (χ1) is 14.9. The minimum absolute atomic E-state index is 0.274. The number of fused-ring (bicyclic) bond motifs is 1. The van der Waals surface area contributed by atoms with E-state index in [1.807, 2.05) is 18.2 Å². The van der Waals surface area contributed by atoms with Gasteiger partial charge in [0.25, 0.3) is 0 Å². The van der Waals surface area contributed by atoms with Crippen LogP contribution in [0, 0.1) is 5.82 Å². The largest absolute Gasteiger partial charge is 0.465 e.